The zero-order valence-corrected chi connectivity index (χ0v) is 9.89. The predicted molar refractivity (Wildman–Crippen MR) is 62.7 cm³/mol. The van der Waals surface area contributed by atoms with Crippen molar-refractivity contribution in [3.63, 3.8) is 0 Å². The summed E-state index contributed by atoms with van der Waals surface area (Å²) in [6.45, 7) is 4.56. The molecule has 2 unspecified atom stereocenters. The molecule has 0 spiro atoms. The molecule has 16 heavy (non-hydrogen) atoms. The molecule has 0 aliphatic heterocycles. The highest BCUT2D eigenvalue weighted by molar-refractivity contribution is 4.93. The molecule has 5 nitrogen and oxygen atoms in total. The Labute approximate surface area is 96.4 Å². The van der Waals surface area contributed by atoms with Gasteiger partial charge in [0.2, 0.25) is 0 Å². The van der Waals surface area contributed by atoms with Crippen molar-refractivity contribution >= 4 is 0 Å². The second-order valence-corrected chi connectivity index (χ2v) is 4.52. The van der Waals surface area contributed by atoms with Gasteiger partial charge in [0.05, 0.1) is 12.2 Å². The van der Waals surface area contributed by atoms with Crippen LogP contribution in [-0.4, -0.2) is 27.6 Å². The Balaban J connectivity index is 1.61. The largest absolute Gasteiger partial charge is 0.325 e. The van der Waals surface area contributed by atoms with E-state index in [1.54, 1.807) is 0 Å². The Morgan fingerprint density at radius 3 is 3.19 bits per heavy atom. The highest BCUT2D eigenvalue weighted by Gasteiger charge is 2.34. The molecule has 2 rings (SSSR count). The minimum absolute atomic E-state index is 0.467. The third-order valence-corrected chi connectivity index (χ3v) is 3.12. The van der Waals surface area contributed by atoms with Gasteiger partial charge in [-0.3, -0.25) is 4.68 Å². The number of nitrogens with one attached hydrogen (secondary N) is 1. The van der Waals surface area contributed by atoms with Crippen LogP contribution in [0.1, 0.15) is 31.9 Å². The highest BCUT2D eigenvalue weighted by Crippen LogP contribution is 2.34. The maximum atomic E-state index is 5.47. The Hall–Kier alpha value is -0.940. The predicted octanol–water partition coefficient (Wildman–Crippen LogP) is 0.515. The molecule has 2 atom stereocenters. The van der Waals surface area contributed by atoms with Crippen LogP contribution in [0.2, 0.25) is 0 Å². The first-order chi connectivity index (χ1) is 7.83. The molecule has 0 bridgehead atoms. The fourth-order valence-corrected chi connectivity index (χ4v) is 2.09. The van der Waals surface area contributed by atoms with Crippen molar-refractivity contribution in [3.05, 3.63) is 11.9 Å². The van der Waals surface area contributed by atoms with Gasteiger partial charge in [-0.1, -0.05) is 18.6 Å². The van der Waals surface area contributed by atoms with Gasteiger partial charge in [-0.25, -0.2) is 0 Å². The SMILES string of the molecule is CCCC1CC1NCCn1cc(CN)nn1. The number of aromatic nitrogens is 3. The first-order valence-electron chi connectivity index (χ1n) is 6.16. The van der Waals surface area contributed by atoms with E-state index in [-0.39, 0.29) is 0 Å². The maximum absolute atomic E-state index is 5.47. The molecule has 1 aliphatic carbocycles. The Kier molecular flexibility index (Phi) is 3.90. The minimum atomic E-state index is 0.467. The van der Waals surface area contributed by atoms with Crippen LogP contribution >= 0.6 is 0 Å². The molecule has 5 heteroatoms. The molecular formula is C11H21N5. The Bertz CT molecular complexity index is 322. The molecule has 0 radical (unpaired) electrons. The van der Waals surface area contributed by atoms with E-state index < -0.39 is 0 Å². The second-order valence-electron chi connectivity index (χ2n) is 4.52. The van der Waals surface area contributed by atoms with Crippen LogP contribution in [0.5, 0.6) is 0 Å². The number of rotatable bonds is 7. The third-order valence-electron chi connectivity index (χ3n) is 3.12. The average molecular weight is 223 g/mol. The lowest BCUT2D eigenvalue weighted by Crippen LogP contribution is -2.23. The lowest BCUT2D eigenvalue weighted by atomic mass is 10.2. The monoisotopic (exact) mass is 223 g/mol. The minimum Gasteiger partial charge on any atom is -0.325 e. The van der Waals surface area contributed by atoms with Gasteiger partial charge in [0, 0.05) is 25.3 Å². The smallest absolute Gasteiger partial charge is 0.0962 e. The van der Waals surface area contributed by atoms with Gasteiger partial charge in [-0.15, -0.1) is 5.10 Å². The van der Waals surface area contributed by atoms with Crippen LogP contribution in [-0.2, 0) is 13.1 Å². The van der Waals surface area contributed by atoms with Crippen LogP contribution in [0.4, 0.5) is 0 Å². The summed E-state index contributed by atoms with van der Waals surface area (Å²) in [5.41, 5.74) is 6.33. The van der Waals surface area contributed by atoms with Crippen LogP contribution < -0.4 is 11.1 Å². The summed E-state index contributed by atoms with van der Waals surface area (Å²) in [5, 5.41) is 11.5. The van der Waals surface area contributed by atoms with Crippen LogP contribution in [0, 0.1) is 5.92 Å². The van der Waals surface area contributed by atoms with E-state index in [1.165, 1.54) is 19.3 Å². The van der Waals surface area contributed by atoms with E-state index in [1.807, 2.05) is 10.9 Å². The van der Waals surface area contributed by atoms with Crippen molar-refractivity contribution in [1.82, 2.24) is 20.3 Å². The summed E-state index contributed by atoms with van der Waals surface area (Å²) < 4.78 is 1.85. The molecule has 1 saturated carbocycles. The van der Waals surface area contributed by atoms with Gasteiger partial charge in [0.1, 0.15) is 0 Å². The first kappa shape index (κ1) is 11.5. The number of nitrogens with zero attached hydrogens (tertiary/aromatic N) is 3. The van der Waals surface area contributed by atoms with E-state index in [4.69, 9.17) is 5.73 Å². The fourth-order valence-electron chi connectivity index (χ4n) is 2.09. The topological polar surface area (TPSA) is 68.8 Å². The van der Waals surface area contributed by atoms with E-state index in [2.05, 4.69) is 22.6 Å². The van der Waals surface area contributed by atoms with Gasteiger partial charge in [0.25, 0.3) is 0 Å². The average Bonchev–Trinajstić information content (AvgIpc) is 2.86. The number of nitrogens with two attached hydrogens (primary N) is 1. The van der Waals surface area contributed by atoms with Crippen molar-refractivity contribution in [2.75, 3.05) is 6.54 Å². The summed E-state index contributed by atoms with van der Waals surface area (Å²) in [4.78, 5) is 0. The Morgan fingerprint density at radius 2 is 2.50 bits per heavy atom. The summed E-state index contributed by atoms with van der Waals surface area (Å²) in [6.07, 6.45) is 5.92. The van der Waals surface area contributed by atoms with Crippen molar-refractivity contribution in [1.29, 1.82) is 0 Å². The molecule has 1 aliphatic rings. The molecule has 1 fully saturated rings. The van der Waals surface area contributed by atoms with Crippen LogP contribution in [0.25, 0.3) is 0 Å². The standard InChI is InChI=1S/C11H21N5/c1-2-3-9-6-11(9)13-4-5-16-8-10(7-12)14-15-16/h8-9,11,13H,2-7,12H2,1H3. The quantitative estimate of drug-likeness (QED) is 0.707. The molecule has 1 heterocycles. The van der Waals surface area contributed by atoms with Gasteiger partial charge < -0.3 is 11.1 Å². The van der Waals surface area contributed by atoms with Gasteiger partial charge in [-0.2, -0.15) is 0 Å². The first-order valence-corrected chi connectivity index (χ1v) is 6.16. The molecule has 1 aromatic rings. The van der Waals surface area contributed by atoms with E-state index in [9.17, 15) is 0 Å². The van der Waals surface area contributed by atoms with Gasteiger partial charge in [-0.05, 0) is 18.8 Å². The van der Waals surface area contributed by atoms with E-state index in [0.29, 0.717) is 6.54 Å². The van der Waals surface area contributed by atoms with E-state index in [0.717, 1.165) is 30.7 Å². The third kappa shape index (κ3) is 3.02. The molecule has 0 saturated heterocycles. The summed E-state index contributed by atoms with van der Waals surface area (Å²) in [5.74, 6) is 0.917. The van der Waals surface area contributed by atoms with Crippen LogP contribution in [0.15, 0.2) is 6.20 Å². The van der Waals surface area contributed by atoms with Gasteiger partial charge >= 0.3 is 0 Å². The lowest BCUT2D eigenvalue weighted by molar-refractivity contribution is 0.520. The fraction of sp³-hybridized carbons (Fsp3) is 0.818. The zero-order chi connectivity index (χ0) is 11.4. The van der Waals surface area contributed by atoms with Gasteiger partial charge in [0.15, 0.2) is 0 Å². The molecule has 0 amide bonds. The van der Waals surface area contributed by atoms with Crippen molar-refractivity contribution in [3.8, 4) is 0 Å². The lowest BCUT2D eigenvalue weighted by Gasteiger charge is -2.03. The molecular weight excluding hydrogens is 202 g/mol. The number of hydrogen-bond acceptors (Lipinski definition) is 4. The summed E-state index contributed by atoms with van der Waals surface area (Å²) >= 11 is 0. The van der Waals surface area contributed by atoms with Crippen molar-refractivity contribution < 1.29 is 0 Å². The highest BCUT2D eigenvalue weighted by atomic mass is 15.4. The summed E-state index contributed by atoms with van der Waals surface area (Å²) in [7, 11) is 0. The molecule has 0 aromatic carbocycles. The maximum Gasteiger partial charge on any atom is 0.0962 e. The second kappa shape index (κ2) is 5.41. The Morgan fingerprint density at radius 1 is 1.62 bits per heavy atom. The zero-order valence-electron chi connectivity index (χ0n) is 9.89. The van der Waals surface area contributed by atoms with Crippen molar-refractivity contribution in [2.24, 2.45) is 11.7 Å². The van der Waals surface area contributed by atoms with E-state index >= 15 is 0 Å². The van der Waals surface area contributed by atoms with Crippen LogP contribution in [0.3, 0.4) is 0 Å². The summed E-state index contributed by atoms with van der Waals surface area (Å²) in [6, 6.07) is 0.748. The molecule has 90 valence electrons. The molecule has 1 aromatic heterocycles. The van der Waals surface area contributed by atoms with Crippen molar-refractivity contribution in [2.45, 2.75) is 45.3 Å². The molecule has 3 N–H and O–H groups in total. The number of hydrogen-bond donors (Lipinski definition) is 2. The normalized spacial score (nSPS) is 23.6.